The number of carbonyl (C=O) groups is 1. The van der Waals surface area contributed by atoms with Gasteiger partial charge in [0.05, 0.1) is 12.0 Å². The van der Waals surface area contributed by atoms with Crippen molar-refractivity contribution < 1.29 is 9.21 Å². The predicted octanol–water partition coefficient (Wildman–Crippen LogP) is 4.19. The zero-order valence-corrected chi connectivity index (χ0v) is 17.9. The van der Waals surface area contributed by atoms with Crippen LogP contribution in [-0.2, 0) is 0 Å². The second kappa shape index (κ2) is 8.05. The van der Waals surface area contributed by atoms with Crippen molar-refractivity contribution in [2.75, 3.05) is 13.1 Å². The molecule has 1 atom stereocenters. The first-order chi connectivity index (χ1) is 16.3. The molecule has 0 N–H and O–H groups in total. The van der Waals surface area contributed by atoms with E-state index in [1.807, 2.05) is 82.2 Å². The van der Waals surface area contributed by atoms with E-state index in [4.69, 9.17) is 9.52 Å². The summed E-state index contributed by atoms with van der Waals surface area (Å²) in [5.74, 6) is 1.60. The predicted molar refractivity (Wildman–Crippen MR) is 122 cm³/mol. The van der Waals surface area contributed by atoms with E-state index in [1.54, 1.807) is 10.9 Å². The number of likely N-dealkylation sites (tertiary alicyclic amines) is 1. The van der Waals surface area contributed by atoms with Crippen molar-refractivity contribution in [3.8, 4) is 17.1 Å². The number of benzene rings is 1. The summed E-state index contributed by atoms with van der Waals surface area (Å²) in [7, 11) is 0. The third kappa shape index (κ3) is 3.49. The number of rotatable bonds is 4. The zero-order chi connectivity index (χ0) is 22.2. The number of carbonyl (C=O) groups excluding carboxylic acids is 1. The second-order valence-electron chi connectivity index (χ2n) is 8.22. The fraction of sp³-hybridized carbons (Fsp3) is 0.200. The molecule has 0 bridgehead atoms. The number of amides is 1. The highest BCUT2D eigenvalue weighted by atomic mass is 16.3. The molecule has 0 spiro atoms. The van der Waals surface area contributed by atoms with Gasteiger partial charge in [-0.1, -0.05) is 24.3 Å². The minimum Gasteiger partial charge on any atom is -0.463 e. The van der Waals surface area contributed by atoms with E-state index >= 15 is 0 Å². The summed E-state index contributed by atoms with van der Waals surface area (Å²) in [6.07, 6.45) is 5.46. The van der Waals surface area contributed by atoms with Crippen LogP contribution in [0, 0.1) is 0 Å². The Morgan fingerprint density at radius 3 is 2.73 bits per heavy atom. The molecule has 8 heteroatoms. The average Bonchev–Trinajstić information content (AvgIpc) is 3.63. The van der Waals surface area contributed by atoms with Crippen LogP contribution in [0.5, 0.6) is 0 Å². The Bertz CT molecular complexity index is 1400. The molecule has 6 rings (SSSR count). The van der Waals surface area contributed by atoms with Crippen LogP contribution < -0.4 is 0 Å². The van der Waals surface area contributed by atoms with Crippen molar-refractivity contribution in [1.29, 1.82) is 0 Å². The normalized spacial score (nSPS) is 16.4. The SMILES string of the molecule is O=C(c1cc(-c2ccco2)nn1-c1ccccc1)N1CCC[C@H](c2nnc3ccccn23)C1. The lowest BCUT2D eigenvalue weighted by atomic mass is 9.97. The van der Waals surface area contributed by atoms with Crippen molar-refractivity contribution in [2.45, 2.75) is 18.8 Å². The first-order valence-electron chi connectivity index (χ1n) is 11.1. The van der Waals surface area contributed by atoms with Gasteiger partial charge < -0.3 is 9.32 Å². The molecule has 0 saturated carbocycles. The average molecular weight is 438 g/mol. The zero-order valence-electron chi connectivity index (χ0n) is 17.9. The van der Waals surface area contributed by atoms with Crippen LogP contribution in [0.4, 0.5) is 0 Å². The summed E-state index contributed by atoms with van der Waals surface area (Å²) in [5.41, 5.74) is 2.79. The summed E-state index contributed by atoms with van der Waals surface area (Å²) in [5, 5.41) is 13.4. The van der Waals surface area contributed by atoms with E-state index in [2.05, 4.69) is 10.2 Å². The van der Waals surface area contributed by atoms with E-state index in [0.29, 0.717) is 30.2 Å². The highest BCUT2D eigenvalue weighted by Gasteiger charge is 2.30. The maximum Gasteiger partial charge on any atom is 0.272 e. The van der Waals surface area contributed by atoms with Gasteiger partial charge in [0, 0.05) is 31.3 Å². The Hall–Kier alpha value is -4.20. The van der Waals surface area contributed by atoms with Crippen molar-refractivity contribution in [2.24, 2.45) is 0 Å². The van der Waals surface area contributed by atoms with E-state index in [0.717, 1.165) is 30.0 Å². The molecule has 8 nitrogen and oxygen atoms in total. The Labute approximate surface area is 190 Å². The van der Waals surface area contributed by atoms with Gasteiger partial charge in [-0.25, -0.2) is 4.68 Å². The van der Waals surface area contributed by atoms with Crippen molar-refractivity contribution >= 4 is 11.6 Å². The van der Waals surface area contributed by atoms with E-state index in [1.165, 1.54) is 0 Å². The molecule has 0 aliphatic carbocycles. The lowest BCUT2D eigenvalue weighted by Crippen LogP contribution is -2.40. The van der Waals surface area contributed by atoms with Crippen LogP contribution in [0.2, 0.25) is 0 Å². The molecule has 164 valence electrons. The molecule has 1 amide bonds. The number of para-hydroxylation sites is 1. The number of pyridine rings is 1. The molecule has 5 aromatic rings. The van der Waals surface area contributed by atoms with Crippen LogP contribution >= 0.6 is 0 Å². The third-order valence-corrected chi connectivity index (χ3v) is 6.12. The monoisotopic (exact) mass is 438 g/mol. The quantitative estimate of drug-likeness (QED) is 0.420. The Morgan fingerprint density at radius 2 is 1.88 bits per heavy atom. The lowest BCUT2D eigenvalue weighted by Gasteiger charge is -2.32. The smallest absolute Gasteiger partial charge is 0.272 e. The molecule has 1 fully saturated rings. The Morgan fingerprint density at radius 1 is 1.00 bits per heavy atom. The van der Waals surface area contributed by atoms with Crippen LogP contribution in [-0.4, -0.2) is 48.3 Å². The van der Waals surface area contributed by atoms with Gasteiger partial charge in [0.25, 0.3) is 5.91 Å². The molecule has 1 aliphatic heterocycles. The fourth-order valence-corrected chi connectivity index (χ4v) is 4.52. The molecule has 0 unspecified atom stereocenters. The molecule has 1 aliphatic rings. The molecule has 1 aromatic carbocycles. The van der Waals surface area contributed by atoms with Gasteiger partial charge in [-0.15, -0.1) is 10.2 Å². The van der Waals surface area contributed by atoms with Gasteiger partial charge in [-0.2, -0.15) is 5.10 Å². The number of hydrogen-bond donors (Lipinski definition) is 0. The van der Waals surface area contributed by atoms with Crippen molar-refractivity contribution in [3.63, 3.8) is 0 Å². The third-order valence-electron chi connectivity index (χ3n) is 6.12. The number of aromatic nitrogens is 5. The van der Waals surface area contributed by atoms with Crippen LogP contribution in [0.1, 0.15) is 35.1 Å². The number of nitrogens with zero attached hydrogens (tertiary/aromatic N) is 6. The first kappa shape index (κ1) is 19.5. The molecule has 4 aromatic heterocycles. The Kier molecular flexibility index (Phi) is 4.75. The van der Waals surface area contributed by atoms with E-state index in [9.17, 15) is 4.79 Å². The van der Waals surface area contributed by atoms with Crippen LogP contribution in [0.15, 0.2) is 83.6 Å². The largest absolute Gasteiger partial charge is 0.463 e. The van der Waals surface area contributed by atoms with Crippen molar-refractivity contribution in [3.05, 3.63) is 90.7 Å². The van der Waals surface area contributed by atoms with Crippen molar-refractivity contribution in [1.82, 2.24) is 29.3 Å². The number of piperidine rings is 1. The minimum absolute atomic E-state index is 0.0531. The lowest BCUT2D eigenvalue weighted by molar-refractivity contribution is 0.0695. The first-order valence-corrected chi connectivity index (χ1v) is 11.1. The Balaban J connectivity index is 1.34. The van der Waals surface area contributed by atoms with Crippen LogP contribution in [0.3, 0.4) is 0 Å². The summed E-state index contributed by atoms with van der Waals surface area (Å²) in [6.45, 7) is 1.28. The summed E-state index contributed by atoms with van der Waals surface area (Å²) in [6, 6.07) is 21.0. The van der Waals surface area contributed by atoms with Gasteiger partial charge >= 0.3 is 0 Å². The van der Waals surface area contributed by atoms with E-state index in [-0.39, 0.29) is 11.8 Å². The van der Waals surface area contributed by atoms with Gasteiger partial charge in [-0.3, -0.25) is 9.20 Å². The van der Waals surface area contributed by atoms with Gasteiger partial charge in [0.15, 0.2) is 11.4 Å². The standard InChI is InChI=1S/C25H22N6O2/c32-25(29-13-6-8-18(17-29)24-27-26-23-12-4-5-14-30(23)24)21-16-20(22-11-7-15-33-22)28-31(21)19-9-2-1-3-10-19/h1-5,7,9-12,14-16,18H,6,8,13,17H2/t18-/m0/s1. The number of hydrogen-bond acceptors (Lipinski definition) is 5. The van der Waals surface area contributed by atoms with Gasteiger partial charge in [0.2, 0.25) is 0 Å². The van der Waals surface area contributed by atoms with Gasteiger partial charge in [-0.05, 0) is 49.2 Å². The second-order valence-corrected chi connectivity index (χ2v) is 8.22. The summed E-state index contributed by atoms with van der Waals surface area (Å²) < 4.78 is 9.26. The van der Waals surface area contributed by atoms with Crippen LogP contribution in [0.25, 0.3) is 22.8 Å². The maximum atomic E-state index is 13.7. The topological polar surface area (TPSA) is 81.5 Å². The maximum absolute atomic E-state index is 13.7. The van der Waals surface area contributed by atoms with E-state index < -0.39 is 0 Å². The highest BCUT2D eigenvalue weighted by molar-refractivity contribution is 5.94. The highest BCUT2D eigenvalue weighted by Crippen LogP contribution is 2.29. The van der Waals surface area contributed by atoms with Gasteiger partial charge in [0.1, 0.15) is 17.2 Å². The number of furan rings is 1. The fourth-order valence-electron chi connectivity index (χ4n) is 4.52. The molecular weight excluding hydrogens is 416 g/mol. The molecule has 33 heavy (non-hydrogen) atoms. The molecule has 0 radical (unpaired) electrons. The molecule has 1 saturated heterocycles. The number of fused-ring (bicyclic) bond motifs is 1. The molecule has 5 heterocycles. The minimum atomic E-state index is -0.0531. The molecular formula is C25H22N6O2. The summed E-state index contributed by atoms with van der Waals surface area (Å²) in [4.78, 5) is 15.7. The summed E-state index contributed by atoms with van der Waals surface area (Å²) >= 11 is 0.